The van der Waals surface area contributed by atoms with Crippen molar-refractivity contribution in [3.63, 3.8) is 0 Å². The van der Waals surface area contributed by atoms with Crippen molar-refractivity contribution in [1.82, 2.24) is 13.9 Å². The SMILES string of the molecule is C=CC=CS(=C)(=O)N(C)C[C@H](CNS(=O)(=O)[C@@H](C)CC)N(C)C(=C)/C=C\C(=C)[C@](C)(O)C(F)(F)F. The molecule has 202 valence electrons. The highest BCUT2D eigenvalue weighted by Crippen LogP contribution is 2.35. The van der Waals surface area contributed by atoms with Crippen LogP contribution >= 0.6 is 0 Å². The maximum atomic E-state index is 13.1. The zero-order valence-corrected chi connectivity index (χ0v) is 22.6. The normalized spacial score (nSPS) is 18.2. The van der Waals surface area contributed by atoms with Gasteiger partial charge in [0.15, 0.2) is 5.60 Å². The summed E-state index contributed by atoms with van der Waals surface area (Å²) in [5, 5.41) is 10.5. The Morgan fingerprint density at radius 2 is 1.71 bits per heavy atom. The molecule has 2 N–H and O–H groups in total. The molecule has 0 amide bonds. The van der Waals surface area contributed by atoms with Crippen molar-refractivity contribution in [2.24, 2.45) is 0 Å². The number of nitrogens with one attached hydrogen (secondary N) is 1. The monoisotopic (exact) mass is 541 g/mol. The van der Waals surface area contributed by atoms with Crippen molar-refractivity contribution in [3.8, 4) is 0 Å². The van der Waals surface area contributed by atoms with E-state index in [1.165, 1.54) is 32.8 Å². The van der Waals surface area contributed by atoms with Crippen LogP contribution in [0.2, 0.25) is 0 Å². The van der Waals surface area contributed by atoms with Crippen LogP contribution < -0.4 is 4.72 Å². The second-order valence-corrected chi connectivity index (χ2v) is 12.8. The van der Waals surface area contributed by atoms with E-state index < -0.39 is 48.4 Å². The zero-order valence-electron chi connectivity index (χ0n) is 21.0. The molecule has 0 saturated carbocycles. The van der Waals surface area contributed by atoms with Gasteiger partial charge in [-0.3, -0.25) is 0 Å². The molecule has 7 nitrogen and oxygen atoms in total. The molecule has 0 aliphatic heterocycles. The molecule has 0 aromatic heterocycles. The number of hydrogen-bond acceptors (Lipinski definition) is 5. The van der Waals surface area contributed by atoms with E-state index in [0.717, 1.165) is 6.08 Å². The second-order valence-electron chi connectivity index (χ2n) is 8.36. The minimum absolute atomic E-state index is 0.0669. The number of halogens is 3. The van der Waals surface area contributed by atoms with Crippen LogP contribution in [0.3, 0.4) is 0 Å². The van der Waals surface area contributed by atoms with Crippen LogP contribution in [0.15, 0.2) is 60.7 Å². The molecule has 0 saturated heterocycles. The predicted octanol–water partition coefficient (Wildman–Crippen LogP) is 3.21. The Labute approximate surface area is 208 Å². The fourth-order valence-corrected chi connectivity index (χ4v) is 4.63. The van der Waals surface area contributed by atoms with Gasteiger partial charge in [0.1, 0.15) is 0 Å². The molecule has 0 bridgehead atoms. The van der Waals surface area contributed by atoms with Crippen molar-refractivity contribution in [2.45, 2.75) is 50.3 Å². The van der Waals surface area contributed by atoms with Gasteiger partial charge in [0.2, 0.25) is 10.0 Å². The molecular weight excluding hydrogens is 503 g/mol. The third-order valence-electron chi connectivity index (χ3n) is 5.70. The quantitative estimate of drug-likeness (QED) is 0.246. The minimum Gasteiger partial charge on any atom is -0.376 e. The maximum Gasteiger partial charge on any atom is 0.421 e. The molecule has 0 spiro atoms. The second kappa shape index (κ2) is 12.9. The Bertz CT molecular complexity index is 1030. The summed E-state index contributed by atoms with van der Waals surface area (Å²) < 4.78 is 81.0. The summed E-state index contributed by atoms with van der Waals surface area (Å²) in [6.07, 6.45) is 0.624. The van der Waals surface area contributed by atoms with E-state index in [4.69, 9.17) is 0 Å². The molecule has 4 atom stereocenters. The van der Waals surface area contributed by atoms with Gasteiger partial charge in [-0.25, -0.2) is 21.7 Å². The third-order valence-corrected chi connectivity index (χ3v) is 9.45. The Morgan fingerprint density at radius 3 is 2.17 bits per heavy atom. The van der Waals surface area contributed by atoms with Crippen molar-refractivity contribution >= 4 is 25.6 Å². The van der Waals surface area contributed by atoms with Gasteiger partial charge in [0, 0.05) is 41.0 Å². The molecule has 35 heavy (non-hydrogen) atoms. The molecule has 0 rings (SSSR count). The highest BCUT2D eigenvalue weighted by molar-refractivity contribution is 8.00. The number of rotatable bonds is 15. The molecule has 0 aliphatic carbocycles. The first-order valence-electron chi connectivity index (χ1n) is 10.7. The van der Waals surface area contributed by atoms with E-state index in [1.807, 2.05) is 0 Å². The number of likely N-dealkylation sites (N-methyl/N-ethyl adjacent to an activating group) is 2. The number of alkyl halides is 3. The van der Waals surface area contributed by atoms with Gasteiger partial charge in [0.25, 0.3) is 0 Å². The number of sulfonamides is 1. The first-order valence-corrected chi connectivity index (χ1v) is 14.0. The Hall–Kier alpha value is -1.86. The molecule has 0 heterocycles. The van der Waals surface area contributed by atoms with E-state index in [2.05, 4.69) is 30.3 Å². The molecule has 0 fully saturated rings. The maximum absolute atomic E-state index is 13.1. The zero-order chi connectivity index (χ0) is 27.8. The lowest BCUT2D eigenvalue weighted by atomic mass is 9.96. The van der Waals surface area contributed by atoms with Crippen molar-refractivity contribution in [1.29, 1.82) is 0 Å². The molecule has 1 unspecified atom stereocenters. The predicted molar refractivity (Wildman–Crippen MR) is 140 cm³/mol. The summed E-state index contributed by atoms with van der Waals surface area (Å²) in [7, 11) is -3.38. The summed E-state index contributed by atoms with van der Waals surface area (Å²) in [6.45, 7) is 14.5. The van der Waals surface area contributed by atoms with Gasteiger partial charge in [-0.2, -0.15) is 13.2 Å². The lowest BCUT2D eigenvalue weighted by Gasteiger charge is -2.34. The minimum atomic E-state index is -4.92. The Morgan fingerprint density at radius 1 is 1.17 bits per heavy atom. The van der Waals surface area contributed by atoms with E-state index >= 15 is 0 Å². The van der Waals surface area contributed by atoms with E-state index in [-0.39, 0.29) is 18.8 Å². The van der Waals surface area contributed by atoms with Gasteiger partial charge in [-0.15, -0.1) is 0 Å². The van der Waals surface area contributed by atoms with Crippen LogP contribution in [0.25, 0.3) is 0 Å². The van der Waals surface area contributed by atoms with Gasteiger partial charge >= 0.3 is 6.18 Å². The average Bonchev–Trinajstić information content (AvgIpc) is 2.76. The number of aliphatic hydroxyl groups is 1. The summed E-state index contributed by atoms with van der Waals surface area (Å²) in [4.78, 5) is 1.54. The van der Waals surface area contributed by atoms with Crippen molar-refractivity contribution in [2.75, 3.05) is 27.2 Å². The Kier molecular flexibility index (Phi) is 12.2. The van der Waals surface area contributed by atoms with Crippen LogP contribution in [0, 0.1) is 0 Å². The van der Waals surface area contributed by atoms with Crippen LogP contribution in [0.4, 0.5) is 13.2 Å². The van der Waals surface area contributed by atoms with Gasteiger partial charge in [-0.05, 0) is 44.8 Å². The molecule has 0 aromatic carbocycles. The van der Waals surface area contributed by atoms with Crippen LogP contribution in [-0.4, -0.2) is 83.1 Å². The molecule has 0 radical (unpaired) electrons. The highest BCUT2D eigenvalue weighted by atomic mass is 32.2. The fraction of sp³-hybridized carbons (Fsp3) is 0.522. The largest absolute Gasteiger partial charge is 0.421 e. The molecule has 12 heteroatoms. The molecular formula is C23H38F3N3O4S2. The van der Waals surface area contributed by atoms with Crippen LogP contribution in [-0.2, 0) is 19.7 Å². The standard InChI is InChI=1S/C23H38F3N3O4S2/c1-10-12-15-34(9,31)28(7)17-21(16-27-35(32,33)20(5)11-2)29(8)19(4)14-13-18(3)22(6,30)23(24,25)26/h10,12-15,20-21,27,30H,1,3-4,9,11,16-17H2,2,5-8H3/b14-13-,15-12?/t20-,21-,22-,34?/m0/s1. The highest BCUT2D eigenvalue weighted by Gasteiger charge is 2.51. The van der Waals surface area contributed by atoms with Crippen LogP contribution in [0.5, 0.6) is 0 Å². The lowest BCUT2D eigenvalue weighted by Crippen LogP contribution is -2.49. The lowest BCUT2D eigenvalue weighted by molar-refractivity contribution is -0.235. The van der Waals surface area contributed by atoms with Crippen molar-refractivity contribution < 1.29 is 30.9 Å². The van der Waals surface area contributed by atoms with E-state index in [1.54, 1.807) is 27.9 Å². The average molecular weight is 542 g/mol. The number of hydrogen-bond donors (Lipinski definition) is 2. The number of allylic oxidation sites excluding steroid dienone is 3. The summed E-state index contributed by atoms with van der Waals surface area (Å²) in [6, 6.07) is -0.632. The van der Waals surface area contributed by atoms with E-state index in [9.17, 15) is 30.9 Å². The van der Waals surface area contributed by atoms with Gasteiger partial charge in [-0.1, -0.05) is 44.9 Å². The van der Waals surface area contributed by atoms with E-state index in [0.29, 0.717) is 13.3 Å². The third kappa shape index (κ3) is 9.60. The summed E-state index contributed by atoms with van der Waals surface area (Å²) in [5.41, 5.74) is -3.52. The summed E-state index contributed by atoms with van der Waals surface area (Å²) in [5.74, 6) is 3.70. The first kappa shape index (κ1) is 33.1. The topological polar surface area (TPSA) is 90.0 Å². The Balaban J connectivity index is 5.91. The van der Waals surface area contributed by atoms with Gasteiger partial charge in [0.05, 0.1) is 11.3 Å². The van der Waals surface area contributed by atoms with Crippen LogP contribution in [0.1, 0.15) is 27.2 Å². The summed E-state index contributed by atoms with van der Waals surface area (Å²) >= 11 is 0. The molecule has 0 aromatic rings. The smallest absolute Gasteiger partial charge is 0.376 e. The molecule has 0 aliphatic rings. The first-order chi connectivity index (χ1) is 15.7. The fourth-order valence-electron chi connectivity index (χ4n) is 2.50. The number of nitrogens with zero attached hydrogens (tertiary/aromatic N) is 2. The van der Waals surface area contributed by atoms with Crippen molar-refractivity contribution in [3.05, 3.63) is 60.7 Å². The van der Waals surface area contributed by atoms with Gasteiger partial charge < -0.3 is 10.0 Å².